The quantitative estimate of drug-likeness (QED) is 0.469. The largest absolute Gasteiger partial charge is 0.322 e. The summed E-state index contributed by atoms with van der Waals surface area (Å²) in [6.07, 6.45) is 0. The Morgan fingerprint density at radius 2 is 1.67 bits per heavy atom. The number of amides is 1. The topological polar surface area (TPSA) is 49.0 Å². The van der Waals surface area contributed by atoms with Crippen LogP contribution in [0.2, 0.25) is 5.02 Å². The fraction of sp³-hybridized carbons (Fsp3) is 0.0833. The zero-order valence-electron chi connectivity index (χ0n) is 15.8. The van der Waals surface area contributed by atoms with E-state index in [4.69, 9.17) is 11.6 Å². The Hall–Kier alpha value is -3.44. The zero-order chi connectivity index (χ0) is 20.7. The van der Waals surface area contributed by atoms with Crippen LogP contribution in [-0.2, 0) is 6.54 Å². The van der Waals surface area contributed by atoms with Crippen molar-refractivity contribution in [2.75, 3.05) is 0 Å². The summed E-state index contributed by atoms with van der Waals surface area (Å²) in [6, 6.07) is 23.1. The number of carbonyl (C=O) groups excluding carboxylic acids is 1. The molecule has 0 bridgehead atoms. The molecule has 1 aliphatic rings. The molecule has 3 aromatic carbocycles. The number of carbonyl (C=O) groups is 1. The third-order valence-electron chi connectivity index (χ3n) is 5.36. The molecule has 1 N–H and O–H groups in total. The number of hydrogen-bond donors (Lipinski definition) is 1. The first kappa shape index (κ1) is 18.6. The first-order valence-electron chi connectivity index (χ1n) is 9.56. The highest BCUT2D eigenvalue weighted by Crippen LogP contribution is 2.43. The molecule has 0 aliphatic carbocycles. The molecular formula is C24H17ClFN3O. The molecule has 0 fully saturated rings. The van der Waals surface area contributed by atoms with Gasteiger partial charge in [0.05, 0.1) is 11.7 Å². The fourth-order valence-electron chi connectivity index (χ4n) is 3.95. The van der Waals surface area contributed by atoms with Crippen LogP contribution in [0.25, 0.3) is 11.3 Å². The molecule has 4 nitrogen and oxygen atoms in total. The van der Waals surface area contributed by atoms with Gasteiger partial charge in [-0.1, -0.05) is 66.2 Å². The highest BCUT2D eigenvalue weighted by Gasteiger charge is 2.42. The molecule has 2 heterocycles. The second-order valence-corrected chi connectivity index (χ2v) is 7.68. The predicted octanol–water partition coefficient (Wildman–Crippen LogP) is 5.61. The summed E-state index contributed by atoms with van der Waals surface area (Å²) < 4.78 is 13.6. The van der Waals surface area contributed by atoms with Crippen molar-refractivity contribution < 1.29 is 9.18 Å². The maximum absolute atomic E-state index is 13.6. The van der Waals surface area contributed by atoms with E-state index in [1.54, 1.807) is 29.2 Å². The average Bonchev–Trinajstić information content (AvgIpc) is 3.31. The number of halogens is 2. The second-order valence-electron chi connectivity index (χ2n) is 7.24. The molecule has 1 aliphatic heterocycles. The van der Waals surface area contributed by atoms with Crippen molar-refractivity contribution in [3.63, 3.8) is 0 Å². The van der Waals surface area contributed by atoms with Crippen LogP contribution in [0.3, 0.4) is 0 Å². The minimum Gasteiger partial charge on any atom is -0.322 e. The van der Waals surface area contributed by atoms with Crippen molar-refractivity contribution in [1.29, 1.82) is 0 Å². The molecule has 0 saturated heterocycles. The lowest BCUT2D eigenvalue weighted by atomic mass is 9.96. The molecule has 5 rings (SSSR count). The number of fused-ring (bicyclic) bond motifs is 1. The van der Waals surface area contributed by atoms with Gasteiger partial charge in [0, 0.05) is 22.7 Å². The number of nitrogens with zero attached hydrogens (tertiary/aromatic N) is 2. The van der Waals surface area contributed by atoms with E-state index >= 15 is 0 Å². The summed E-state index contributed by atoms with van der Waals surface area (Å²) >= 11 is 6.01. The van der Waals surface area contributed by atoms with Crippen LogP contribution in [0.15, 0.2) is 78.9 Å². The van der Waals surface area contributed by atoms with Gasteiger partial charge < -0.3 is 4.90 Å². The number of aromatic amines is 1. The van der Waals surface area contributed by atoms with Crippen LogP contribution >= 0.6 is 11.6 Å². The Morgan fingerprint density at radius 3 is 2.37 bits per heavy atom. The van der Waals surface area contributed by atoms with Gasteiger partial charge in [0.25, 0.3) is 5.91 Å². The van der Waals surface area contributed by atoms with E-state index in [1.165, 1.54) is 12.1 Å². The van der Waals surface area contributed by atoms with E-state index in [0.29, 0.717) is 17.3 Å². The third kappa shape index (κ3) is 3.17. The number of nitrogens with one attached hydrogen (secondary N) is 1. The van der Waals surface area contributed by atoms with Crippen molar-refractivity contribution >= 4 is 17.5 Å². The minimum absolute atomic E-state index is 0.135. The smallest absolute Gasteiger partial charge is 0.273 e. The number of H-pyrrole nitrogens is 1. The molecule has 4 aromatic rings. The second kappa shape index (κ2) is 7.43. The van der Waals surface area contributed by atoms with E-state index in [2.05, 4.69) is 10.2 Å². The molecule has 0 radical (unpaired) electrons. The predicted molar refractivity (Wildman–Crippen MR) is 114 cm³/mol. The molecule has 1 unspecified atom stereocenters. The van der Waals surface area contributed by atoms with Crippen molar-refractivity contribution in [3.8, 4) is 11.3 Å². The lowest BCUT2D eigenvalue weighted by Crippen LogP contribution is -2.29. The van der Waals surface area contributed by atoms with Crippen LogP contribution in [0.1, 0.15) is 33.2 Å². The van der Waals surface area contributed by atoms with Crippen molar-refractivity contribution in [2.24, 2.45) is 0 Å². The van der Waals surface area contributed by atoms with Gasteiger partial charge >= 0.3 is 0 Å². The summed E-state index contributed by atoms with van der Waals surface area (Å²) in [5.41, 5.74) is 4.72. The maximum Gasteiger partial charge on any atom is 0.273 e. The summed E-state index contributed by atoms with van der Waals surface area (Å²) in [7, 11) is 0. The van der Waals surface area contributed by atoms with Gasteiger partial charge in [-0.05, 0) is 35.4 Å². The molecule has 0 saturated carbocycles. The Morgan fingerprint density at radius 1 is 0.967 bits per heavy atom. The monoisotopic (exact) mass is 417 g/mol. The average molecular weight is 418 g/mol. The number of aromatic nitrogens is 2. The fourth-order valence-corrected chi connectivity index (χ4v) is 4.08. The standard InChI is InChI=1S/C24H17ClFN3O/c25-18-10-6-15(7-11-18)14-29-23(17-8-12-19(26)13-9-17)20-21(16-4-2-1-3-5-16)27-28-22(20)24(29)30/h1-13,23H,14H2,(H,27,28). The van der Waals surface area contributed by atoms with Crippen LogP contribution in [-0.4, -0.2) is 21.0 Å². The van der Waals surface area contributed by atoms with Gasteiger partial charge in [-0.2, -0.15) is 5.10 Å². The van der Waals surface area contributed by atoms with Crippen LogP contribution < -0.4 is 0 Å². The molecule has 30 heavy (non-hydrogen) atoms. The Balaban J connectivity index is 1.63. The Bertz CT molecular complexity index is 1200. The van der Waals surface area contributed by atoms with E-state index in [1.807, 2.05) is 42.5 Å². The van der Waals surface area contributed by atoms with Crippen molar-refractivity contribution in [1.82, 2.24) is 15.1 Å². The Kier molecular flexibility index (Phi) is 4.60. The first-order chi connectivity index (χ1) is 14.6. The maximum atomic E-state index is 13.6. The summed E-state index contributed by atoms with van der Waals surface area (Å²) in [6.45, 7) is 0.398. The summed E-state index contributed by atoms with van der Waals surface area (Å²) in [5.74, 6) is -0.452. The molecule has 1 atom stereocenters. The molecular weight excluding hydrogens is 401 g/mol. The number of benzene rings is 3. The van der Waals surface area contributed by atoms with Gasteiger partial charge in [0.1, 0.15) is 11.5 Å². The van der Waals surface area contributed by atoms with E-state index in [-0.39, 0.29) is 17.8 Å². The van der Waals surface area contributed by atoms with Crippen LogP contribution in [0.4, 0.5) is 4.39 Å². The molecule has 148 valence electrons. The lowest BCUT2D eigenvalue weighted by Gasteiger charge is -2.26. The van der Waals surface area contributed by atoms with Gasteiger partial charge in [0.15, 0.2) is 0 Å². The molecule has 6 heteroatoms. The van der Waals surface area contributed by atoms with E-state index < -0.39 is 0 Å². The summed E-state index contributed by atoms with van der Waals surface area (Å²) in [5, 5.41) is 8.02. The molecule has 1 aromatic heterocycles. The van der Waals surface area contributed by atoms with Crippen LogP contribution in [0, 0.1) is 5.82 Å². The molecule has 0 spiro atoms. The normalized spacial score (nSPS) is 15.5. The van der Waals surface area contributed by atoms with E-state index in [0.717, 1.165) is 27.9 Å². The molecule has 1 amide bonds. The van der Waals surface area contributed by atoms with Gasteiger partial charge in [-0.3, -0.25) is 9.89 Å². The number of hydrogen-bond acceptors (Lipinski definition) is 2. The lowest BCUT2D eigenvalue weighted by molar-refractivity contribution is 0.0730. The van der Waals surface area contributed by atoms with Gasteiger partial charge in [-0.15, -0.1) is 0 Å². The van der Waals surface area contributed by atoms with E-state index in [9.17, 15) is 9.18 Å². The van der Waals surface area contributed by atoms with Gasteiger partial charge in [0.2, 0.25) is 0 Å². The SMILES string of the molecule is O=C1c2[nH]nc(-c3ccccc3)c2C(c2ccc(F)cc2)N1Cc1ccc(Cl)cc1. The first-order valence-corrected chi connectivity index (χ1v) is 9.94. The van der Waals surface area contributed by atoms with Crippen molar-refractivity contribution in [3.05, 3.63) is 112 Å². The van der Waals surface area contributed by atoms with Crippen molar-refractivity contribution in [2.45, 2.75) is 12.6 Å². The highest BCUT2D eigenvalue weighted by atomic mass is 35.5. The zero-order valence-corrected chi connectivity index (χ0v) is 16.6. The third-order valence-corrected chi connectivity index (χ3v) is 5.61. The van der Waals surface area contributed by atoms with Crippen LogP contribution in [0.5, 0.6) is 0 Å². The Labute approximate surface area is 177 Å². The highest BCUT2D eigenvalue weighted by molar-refractivity contribution is 6.30. The minimum atomic E-state index is -0.377. The summed E-state index contributed by atoms with van der Waals surface area (Å²) in [4.78, 5) is 15.1. The van der Waals surface area contributed by atoms with Gasteiger partial charge in [-0.25, -0.2) is 4.39 Å². The number of rotatable bonds is 4.